The second kappa shape index (κ2) is 5.48. The number of urea groups is 1. The van der Waals surface area contributed by atoms with Gasteiger partial charge in [0.15, 0.2) is 0 Å². The fraction of sp³-hybridized carbons (Fsp3) is 0.800. The lowest BCUT2D eigenvalue weighted by atomic mass is 9.96. The van der Waals surface area contributed by atoms with Crippen LogP contribution in [0.25, 0.3) is 0 Å². The molecule has 2 unspecified atom stereocenters. The Labute approximate surface area is 103 Å². The number of rotatable bonds is 6. The summed E-state index contributed by atoms with van der Waals surface area (Å²) in [6, 6.07) is -0.521. The molecular formula is C10H18N2O4S. The second-order valence-corrected chi connectivity index (χ2v) is 5.99. The van der Waals surface area contributed by atoms with Gasteiger partial charge in [0.25, 0.3) is 0 Å². The molecule has 98 valence electrons. The van der Waals surface area contributed by atoms with Crippen LogP contribution in [0.15, 0.2) is 0 Å². The topological polar surface area (TPSA) is 95.5 Å². The molecule has 1 aliphatic rings. The van der Waals surface area contributed by atoms with Gasteiger partial charge < -0.3 is 15.7 Å². The number of hydrogen-bond donors (Lipinski definition) is 3. The summed E-state index contributed by atoms with van der Waals surface area (Å²) in [6.07, 6.45) is 3.19. The minimum Gasteiger partial charge on any atom is -0.480 e. The lowest BCUT2D eigenvalue weighted by Crippen LogP contribution is -2.57. The number of carbonyl (C=O) groups excluding carboxylic acids is 1. The van der Waals surface area contributed by atoms with E-state index in [2.05, 4.69) is 10.6 Å². The van der Waals surface area contributed by atoms with E-state index < -0.39 is 28.3 Å². The van der Waals surface area contributed by atoms with Crippen molar-refractivity contribution in [2.45, 2.75) is 25.3 Å². The summed E-state index contributed by atoms with van der Waals surface area (Å²) in [4.78, 5) is 22.6. The summed E-state index contributed by atoms with van der Waals surface area (Å²) in [5.41, 5.74) is -1.20. The molecule has 0 bridgehead atoms. The average Bonchev–Trinajstić information content (AvgIpc) is 2.99. The molecule has 1 aliphatic carbocycles. The van der Waals surface area contributed by atoms with Gasteiger partial charge in [-0.25, -0.2) is 9.59 Å². The summed E-state index contributed by atoms with van der Waals surface area (Å²) in [5.74, 6) is -0.652. The van der Waals surface area contributed by atoms with Gasteiger partial charge >= 0.3 is 12.0 Å². The van der Waals surface area contributed by atoms with Crippen molar-refractivity contribution >= 4 is 22.8 Å². The third kappa shape index (κ3) is 3.99. The Kier molecular flexibility index (Phi) is 4.50. The average molecular weight is 262 g/mol. The molecule has 0 radical (unpaired) electrons. The molecule has 1 rings (SSSR count). The standard InChI is InChI=1S/C10H18N2O4S/c1-10(8(13)14,7-3-4-7)12-9(15)11-5-6-17(2)16/h7H,3-6H2,1-2H3,(H,13,14)(H2,11,12,15). The number of amides is 2. The van der Waals surface area contributed by atoms with Crippen LogP contribution in [0.5, 0.6) is 0 Å². The van der Waals surface area contributed by atoms with Gasteiger partial charge in [-0.15, -0.1) is 0 Å². The maximum absolute atomic E-state index is 11.5. The highest BCUT2D eigenvalue weighted by Gasteiger charge is 2.48. The molecule has 0 aromatic rings. The molecule has 0 spiro atoms. The molecule has 0 aromatic carbocycles. The number of carboxylic acid groups (broad SMARTS) is 1. The second-order valence-electron chi connectivity index (χ2n) is 4.44. The Hall–Kier alpha value is -1.11. The van der Waals surface area contributed by atoms with Gasteiger partial charge in [-0.3, -0.25) is 4.21 Å². The number of carbonyl (C=O) groups is 2. The number of hydrogen-bond acceptors (Lipinski definition) is 3. The van der Waals surface area contributed by atoms with Crippen molar-refractivity contribution in [3.63, 3.8) is 0 Å². The van der Waals surface area contributed by atoms with Crippen LogP contribution in [0.3, 0.4) is 0 Å². The summed E-state index contributed by atoms with van der Waals surface area (Å²) in [6.45, 7) is 1.79. The Morgan fingerprint density at radius 1 is 1.47 bits per heavy atom. The van der Waals surface area contributed by atoms with Crippen molar-refractivity contribution < 1.29 is 18.9 Å². The van der Waals surface area contributed by atoms with Gasteiger partial charge in [0.2, 0.25) is 0 Å². The van der Waals surface area contributed by atoms with Gasteiger partial charge in [-0.2, -0.15) is 0 Å². The molecule has 7 heteroatoms. The molecule has 3 N–H and O–H groups in total. The van der Waals surface area contributed by atoms with Crippen LogP contribution in [0, 0.1) is 5.92 Å². The van der Waals surface area contributed by atoms with Crippen molar-refractivity contribution in [2.24, 2.45) is 5.92 Å². The fourth-order valence-electron chi connectivity index (χ4n) is 1.58. The van der Waals surface area contributed by atoms with Gasteiger partial charge in [0.1, 0.15) is 5.54 Å². The lowest BCUT2D eigenvalue weighted by Gasteiger charge is -2.26. The van der Waals surface area contributed by atoms with Crippen LogP contribution in [0.2, 0.25) is 0 Å². The Morgan fingerprint density at radius 2 is 2.06 bits per heavy atom. The van der Waals surface area contributed by atoms with Crippen LogP contribution < -0.4 is 10.6 Å². The van der Waals surface area contributed by atoms with Gasteiger partial charge in [-0.05, 0) is 25.7 Å². The minimum absolute atomic E-state index is 0.00561. The van der Waals surface area contributed by atoms with Crippen molar-refractivity contribution in [1.29, 1.82) is 0 Å². The molecule has 1 saturated carbocycles. The fourth-order valence-corrected chi connectivity index (χ4v) is 1.97. The summed E-state index contributed by atoms with van der Waals surface area (Å²) >= 11 is 0. The quantitative estimate of drug-likeness (QED) is 0.623. The predicted molar refractivity (Wildman–Crippen MR) is 64.2 cm³/mol. The maximum atomic E-state index is 11.5. The van der Waals surface area contributed by atoms with E-state index in [9.17, 15) is 13.8 Å². The van der Waals surface area contributed by atoms with Crippen LogP contribution >= 0.6 is 0 Å². The first-order valence-electron chi connectivity index (χ1n) is 5.45. The normalized spacial score (nSPS) is 20.1. The third-order valence-corrected chi connectivity index (χ3v) is 3.67. The van der Waals surface area contributed by atoms with E-state index in [-0.39, 0.29) is 12.5 Å². The first-order chi connectivity index (χ1) is 7.86. The Morgan fingerprint density at radius 3 is 2.47 bits per heavy atom. The number of carboxylic acids is 1. The first-order valence-corrected chi connectivity index (χ1v) is 7.18. The number of aliphatic carboxylic acids is 1. The first kappa shape index (κ1) is 14.0. The van der Waals surface area contributed by atoms with Crippen LogP contribution in [-0.2, 0) is 15.6 Å². The van der Waals surface area contributed by atoms with Gasteiger partial charge in [0.05, 0.1) is 0 Å². The van der Waals surface area contributed by atoms with E-state index >= 15 is 0 Å². The molecule has 6 nitrogen and oxygen atoms in total. The highest BCUT2D eigenvalue weighted by molar-refractivity contribution is 7.84. The molecule has 1 fully saturated rings. The predicted octanol–water partition coefficient (Wildman–Crippen LogP) is -0.0826. The van der Waals surface area contributed by atoms with E-state index in [1.165, 1.54) is 6.92 Å². The van der Waals surface area contributed by atoms with E-state index in [1.807, 2.05) is 0 Å². The van der Waals surface area contributed by atoms with Crippen molar-refractivity contribution in [2.75, 3.05) is 18.6 Å². The molecule has 0 aromatic heterocycles. The SMILES string of the molecule is CS(=O)CCNC(=O)NC(C)(C(=O)O)C1CC1. The lowest BCUT2D eigenvalue weighted by molar-refractivity contribution is -0.144. The summed E-state index contributed by atoms with van der Waals surface area (Å²) in [5, 5.41) is 14.1. The van der Waals surface area contributed by atoms with E-state index in [0.717, 1.165) is 12.8 Å². The highest BCUT2D eigenvalue weighted by Crippen LogP contribution is 2.39. The molecule has 2 amide bonds. The summed E-state index contributed by atoms with van der Waals surface area (Å²) < 4.78 is 10.8. The van der Waals surface area contributed by atoms with Crippen LogP contribution in [-0.4, -0.2) is 45.4 Å². The zero-order valence-corrected chi connectivity index (χ0v) is 10.8. The maximum Gasteiger partial charge on any atom is 0.329 e. The van der Waals surface area contributed by atoms with E-state index in [0.29, 0.717) is 5.75 Å². The molecule has 2 atom stereocenters. The van der Waals surface area contributed by atoms with E-state index in [4.69, 9.17) is 5.11 Å². The third-order valence-electron chi connectivity index (χ3n) is 2.89. The van der Waals surface area contributed by atoms with E-state index in [1.54, 1.807) is 6.26 Å². The van der Waals surface area contributed by atoms with Crippen molar-refractivity contribution in [3.05, 3.63) is 0 Å². The zero-order chi connectivity index (χ0) is 13.1. The molecule has 0 heterocycles. The molecule has 0 aliphatic heterocycles. The minimum atomic E-state index is -1.20. The largest absolute Gasteiger partial charge is 0.480 e. The smallest absolute Gasteiger partial charge is 0.329 e. The summed E-state index contributed by atoms with van der Waals surface area (Å²) in [7, 11) is -0.969. The molecule has 0 saturated heterocycles. The van der Waals surface area contributed by atoms with Gasteiger partial charge in [0, 0.05) is 29.4 Å². The Bertz CT molecular complexity index is 343. The molecular weight excluding hydrogens is 244 g/mol. The van der Waals surface area contributed by atoms with Crippen LogP contribution in [0.4, 0.5) is 4.79 Å². The monoisotopic (exact) mass is 262 g/mol. The van der Waals surface area contributed by atoms with Crippen molar-refractivity contribution in [3.8, 4) is 0 Å². The molecule has 17 heavy (non-hydrogen) atoms. The highest BCUT2D eigenvalue weighted by atomic mass is 32.2. The van der Waals surface area contributed by atoms with Crippen LogP contribution in [0.1, 0.15) is 19.8 Å². The van der Waals surface area contributed by atoms with Crippen molar-refractivity contribution in [1.82, 2.24) is 10.6 Å². The Balaban J connectivity index is 2.42. The van der Waals surface area contributed by atoms with Gasteiger partial charge in [-0.1, -0.05) is 0 Å². The number of nitrogens with one attached hydrogen (secondary N) is 2. The zero-order valence-electron chi connectivity index (χ0n) is 9.99.